The van der Waals surface area contributed by atoms with Gasteiger partial charge in [0.25, 0.3) is 0 Å². The molecule has 0 saturated heterocycles. The molecule has 0 saturated carbocycles. The second kappa shape index (κ2) is 9.04. The smallest absolute Gasteiger partial charge is 0.351 e. The fourth-order valence-electron chi connectivity index (χ4n) is 1.68. The largest absolute Gasteiger partial charge is 0.460 e. The Kier molecular flexibility index (Phi) is 8.52. The molecule has 0 atom stereocenters. The molecule has 0 unspecified atom stereocenters. The molecule has 0 fully saturated rings. The topological polar surface area (TPSA) is 72.5 Å². The van der Waals surface area contributed by atoms with E-state index in [0.29, 0.717) is 0 Å². The maximum atomic E-state index is 13.7. The van der Waals surface area contributed by atoms with E-state index in [-0.39, 0.29) is 4.89 Å². The number of rotatable bonds is 11. The van der Waals surface area contributed by atoms with Gasteiger partial charge in [0.2, 0.25) is 0 Å². The molecule has 0 rings (SSSR count). The fraction of sp³-hybridized carbons (Fsp3) is 0.769. The first-order chi connectivity index (χ1) is 15.4. The molecule has 0 radical (unpaired) electrons. The van der Waals surface area contributed by atoms with Crippen LogP contribution in [0.1, 0.15) is 13.3 Å². The summed E-state index contributed by atoms with van der Waals surface area (Å²) in [6.07, 6.45) is -8.39. The quantitative estimate of drug-likeness (QED) is 0.200. The minimum absolute atomic E-state index is 0.294. The van der Waals surface area contributed by atoms with Crippen LogP contribution in [0.5, 0.6) is 0 Å². The van der Waals surface area contributed by atoms with E-state index in [1.54, 1.807) is 0 Å². The van der Waals surface area contributed by atoms with Crippen LogP contribution in [0.15, 0.2) is 12.2 Å². The molecule has 5 nitrogen and oxygen atoms in total. The molecule has 23 heteroatoms. The number of hydrogen-bond acceptors (Lipinski definition) is 4. The van der Waals surface area contributed by atoms with Crippen LogP contribution in [0.4, 0.5) is 74.6 Å². The lowest BCUT2D eigenvalue weighted by atomic mass is 9.91. The molecule has 0 aliphatic carbocycles. The van der Waals surface area contributed by atoms with Crippen LogP contribution in [-0.2, 0) is 19.7 Å². The lowest BCUT2D eigenvalue weighted by Crippen LogP contribution is -2.75. The highest BCUT2D eigenvalue weighted by Gasteiger charge is 2.96. The first kappa shape index (κ1) is 33.9. The molecule has 0 bridgehead atoms. The lowest BCUT2D eigenvalue weighted by molar-refractivity contribution is -0.458. The van der Waals surface area contributed by atoms with Crippen molar-refractivity contribution in [2.45, 2.75) is 60.3 Å². The Hall–Kier alpha value is -2.07. The van der Waals surface area contributed by atoms with Crippen molar-refractivity contribution in [3.8, 4) is 0 Å². The molecule has 214 valence electrons. The van der Waals surface area contributed by atoms with Gasteiger partial charge in [-0.15, -0.1) is 0 Å². The fourth-order valence-corrected chi connectivity index (χ4v) is 2.44. The van der Waals surface area contributed by atoms with Crippen LogP contribution >= 0.6 is 0 Å². The number of halogens is 17. The van der Waals surface area contributed by atoms with Gasteiger partial charge >= 0.3 is 63.0 Å². The highest BCUT2D eigenvalue weighted by molar-refractivity contribution is 7.90. The Labute approximate surface area is 187 Å². The third-order valence-corrected chi connectivity index (χ3v) is 5.22. The maximum Gasteiger partial charge on any atom is 0.460 e. The van der Waals surface area contributed by atoms with Crippen LogP contribution in [0.2, 0.25) is 0 Å². The van der Waals surface area contributed by atoms with Gasteiger partial charge in [-0.1, -0.05) is 13.5 Å². The van der Waals surface area contributed by atoms with Crippen molar-refractivity contribution in [3.05, 3.63) is 12.2 Å². The minimum atomic E-state index is -8.95. The van der Waals surface area contributed by atoms with Gasteiger partial charge < -0.3 is 4.84 Å². The van der Waals surface area contributed by atoms with Crippen LogP contribution in [-0.4, -0.2) is 61.4 Å². The minimum Gasteiger partial charge on any atom is -0.351 e. The van der Waals surface area contributed by atoms with E-state index in [1.807, 2.05) is 0 Å². The maximum absolute atomic E-state index is 13.7. The summed E-state index contributed by atoms with van der Waals surface area (Å²) in [5.74, 6) is -54.4. The molecule has 0 spiro atoms. The second-order valence-corrected chi connectivity index (χ2v) is 8.08. The van der Waals surface area contributed by atoms with E-state index in [1.165, 1.54) is 0 Å². The van der Waals surface area contributed by atoms with E-state index in [0.717, 1.165) is 6.92 Å². The van der Waals surface area contributed by atoms with Gasteiger partial charge in [0.15, 0.2) is 0 Å². The van der Waals surface area contributed by atoms with Crippen molar-refractivity contribution in [2.24, 2.45) is 0 Å². The Morgan fingerprint density at radius 3 is 1.28 bits per heavy atom. The first-order valence-corrected chi connectivity index (χ1v) is 9.46. The number of nitrogens with one attached hydrogen (secondary N) is 1. The van der Waals surface area contributed by atoms with E-state index in [9.17, 15) is 87.8 Å². The number of sulfonamides is 1. The van der Waals surface area contributed by atoms with Crippen LogP contribution in [0, 0.1) is 0 Å². The SMILES string of the molecule is C=C(CC)C(=O)ONS(=O)(=O)C(F)(F)C(F)(F)C(F)(F)C(F)(F)C(F)(F)C(F)(F)C(F)(F)C(F)(F)F. The van der Waals surface area contributed by atoms with Crippen molar-refractivity contribution < 1.29 is 92.7 Å². The van der Waals surface area contributed by atoms with Crippen molar-refractivity contribution in [1.82, 2.24) is 4.89 Å². The summed E-state index contributed by atoms with van der Waals surface area (Å²) < 4.78 is 245. The van der Waals surface area contributed by atoms with Gasteiger partial charge in [-0.2, -0.15) is 74.6 Å². The predicted octanol–water partition coefficient (Wildman–Crippen LogP) is 5.30. The zero-order valence-corrected chi connectivity index (χ0v) is 17.2. The standard InChI is InChI=1S/C13H8F17NO4S/c1-3-4(2)5(32)35-31-36(33,34)13(29,30)11(24,25)9(20,21)7(16,17)6(14,15)8(18,19)10(22,23)12(26,27)28/h31H,2-3H2,1H3. The van der Waals surface area contributed by atoms with Gasteiger partial charge in [0, 0.05) is 5.57 Å². The van der Waals surface area contributed by atoms with Gasteiger partial charge in [0.05, 0.1) is 0 Å². The average molecular weight is 597 g/mol. The third-order valence-electron chi connectivity index (χ3n) is 3.99. The summed E-state index contributed by atoms with van der Waals surface area (Å²) in [5, 5.41) is -7.83. The van der Waals surface area contributed by atoms with Gasteiger partial charge in [-0.25, -0.2) is 13.2 Å². The zero-order chi connectivity index (χ0) is 29.8. The Bertz CT molecular complexity index is 970. The average Bonchev–Trinajstić information content (AvgIpc) is 2.69. The molecule has 36 heavy (non-hydrogen) atoms. The summed E-state index contributed by atoms with van der Waals surface area (Å²) in [6.45, 7) is 3.84. The molecule has 0 aliphatic heterocycles. The number of carbonyl (C=O) groups excluding carboxylic acids is 1. The first-order valence-electron chi connectivity index (χ1n) is 7.98. The van der Waals surface area contributed by atoms with Gasteiger partial charge in [-0.05, 0) is 11.3 Å². The molecule has 0 amide bonds. The van der Waals surface area contributed by atoms with E-state index in [4.69, 9.17) is 0 Å². The molecule has 0 aromatic heterocycles. The van der Waals surface area contributed by atoms with Crippen molar-refractivity contribution in [2.75, 3.05) is 0 Å². The summed E-state index contributed by atoms with van der Waals surface area (Å²) >= 11 is 0. The molecule has 0 aromatic carbocycles. The van der Waals surface area contributed by atoms with Gasteiger partial charge in [0.1, 0.15) is 0 Å². The van der Waals surface area contributed by atoms with Crippen LogP contribution in [0.3, 0.4) is 0 Å². The van der Waals surface area contributed by atoms with Crippen LogP contribution < -0.4 is 4.89 Å². The number of alkyl halides is 17. The van der Waals surface area contributed by atoms with Crippen LogP contribution in [0.25, 0.3) is 0 Å². The Balaban J connectivity index is 6.74. The van der Waals surface area contributed by atoms with Crippen molar-refractivity contribution >= 4 is 16.0 Å². The van der Waals surface area contributed by atoms with E-state index >= 15 is 0 Å². The molecule has 0 heterocycles. The molecule has 1 N–H and O–H groups in total. The second-order valence-electron chi connectivity index (χ2n) is 6.39. The normalized spacial score (nSPS) is 15.6. The summed E-state index contributed by atoms with van der Waals surface area (Å²) in [5.41, 5.74) is -0.836. The Morgan fingerprint density at radius 2 is 0.972 bits per heavy atom. The number of carbonyl (C=O) groups is 1. The summed E-state index contributed by atoms with van der Waals surface area (Å²) in [6, 6.07) is 0. The third kappa shape index (κ3) is 4.55. The Morgan fingerprint density at radius 1 is 0.667 bits per heavy atom. The van der Waals surface area contributed by atoms with Crippen molar-refractivity contribution in [3.63, 3.8) is 0 Å². The van der Waals surface area contributed by atoms with Gasteiger partial charge in [-0.3, -0.25) is 0 Å². The highest BCUT2D eigenvalue weighted by atomic mass is 32.2. The zero-order valence-electron chi connectivity index (χ0n) is 16.4. The van der Waals surface area contributed by atoms with E-state index < -0.39 is 75.0 Å². The monoisotopic (exact) mass is 597 g/mol. The number of hydrogen-bond donors (Lipinski definition) is 1. The predicted molar refractivity (Wildman–Crippen MR) is 78.3 cm³/mol. The molecular weight excluding hydrogens is 589 g/mol. The van der Waals surface area contributed by atoms with E-state index in [2.05, 4.69) is 11.4 Å². The summed E-state index contributed by atoms with van der Waals surface area (Å²) in [7, 11) is -7.72. The van der Waals surface area contributed by atoms with Crippen molar-refractivity contribution in [1.29, 1.82) is 0 Å². The highest BCUT2D eigenvalue weighted by Crippen LogP contribution is 2.64. The summed E-state index contributed by atoms with van der Waals surface area (Å²) in [4.78, 5) is 14.0. The lowest BCUT2D eigenvalue weighted by Gasteiger charge is -2.42. The molecule has 0 aromatic rings. The molecule has 0 aliphatic rings. The molecular formula is C13H8F17NO4S.